The third kappa shape index (κ3) is 4.21. The van der Waals surface area contributed by atoms with Gasteiger partial charge in [-0.3, -0.25) is 0 Å². The average Bonchev–Trinajstić information content (AvgIpc) is 3.00. The zero-order valence-electron chi connectivity index (χ0n) is 13.1. The zero-order valence-corrected chi connectivity index (χ0v) is 13.1. The average molecular weight is 289 g/mol. The molecule has 3 heteroatoms. The maximum atomic E-state index is 6.09. The Morgan fingerprint density at radius 3 is 2.76 bits per heavy atom. The summed E-state index contributed by atoms with van der Waals surface area (Å²) >= 11 is 0. The molecule has 0 amide bonds. The van der Waals surface area contributed by atoms with Crippen LogP contribution in [0.3, 0.4) is 0 Å². The summed E-state index contributed by atoms with van der Waals surface area (Å²) < 4.78 is 11.5. The minimum absolute atomic E-state index is 0.209. The van der Waals surface area contributed by atoms with E-state index >= 15 is 0 Å². The van der Waals surface area contributed by atoms with Crippen LogP contribution in [-0.4, -0.2) is 24.9 Å². The molecule has 21 heavy (non-hydrogen) atoms. The second kappa shape index (κ2) is 6.80. The summed E-state index contributed by atoms with van der Waals surface area (Å²) in [6.45, 7) is 4.94. The molecule has 1 aliphatic carbocycles. The van der Waals surface area contributed by atoms with Gasteiger partial charge in [-0.1, -0.05) is 12.1 Å². The van der Waals surface area contributed by atoms with Crippen molar-refractivity contribution < 1.29 is 9.47 Å². The number of rotatable bonds is 5. The van der Waals surface area contributed by atoms with Gasteiger partial charge in [0, 0.05) is 25.3 Å². The van der Waals surface area contributed by atoms with E-state index in [4.69, 9.17) is 9.47 Å². The van der Waals surface area contributed by atoms with Gasteiger partial charge in [0.1, 0.15) is 5.75 Å². The van der Waals surface area contributed by atoms with Crippen LogP contribution in [0.1, 0.15) is 51.0 Å². The van der Waals surface area contributed by atoms with Crippen LogP contribution >= 0.6 is 0 Å². The van der Waals surface area contributed by atoms with Crippen molar-refractivity contribution in [1.29, 1.82) is 0 Å². The molecule has 0 atom stereocenters. The van der Waals surface area contributed by atoms with Gasteiger partial charge in [-0.05, 0) is 63.1 Å². The maximum absolute atomic E-state index is 6.09. The fourth-order valence-electron chi connectivity index (χ4n) is 3.24. The largest absolute Gasteiger partial charge is 0.490 e. The van der Waals surface area contributed by atoms with E-state index in [1.165, 1.54) is 31.2 Å². The summed E-state index contributed by atoms with van der Waals surface area (Å²) in [4.78, 5) is 0. The molecular formula is C18H27NO2. The van der Waals surface area contributed by atoms with Crippen LogP contribution in [0.15, 0.2) is 24.3 Å². The van der Waals surface area contributed by atoms with Crippen molar-refractivity contribution in [3.63, 3.8) is 0 Å². The lowest BCUT2D eigenvalue weighted by Crippen LogP contribution is -2.46. The third-order valence-electron chi connectivity index (χ3n) is 4.82. The van der Waals surface area contributed by atoms with Gasteiger partial charge in [-0.2, -0.15) is 0 Å². The first-order valence-electron chi connectivity index (χ1n) is 8.32. The molecule has 0 spiro atoms. The van der Waals surface area contributed by atoms with Gasteiger partial charge in [0.05, 0.1) is 6.10 Å². The van der Waals surface area contributed by atoms with Crippen molar-refractivity contribution in [2.75, 3.05) is 13.2 Å². The Bertz CT molecular complexity index is 448. The van der Waals surface area contributed by atoms with Crippen molar-refractivity contribution in [3.8, 4) is 5.75 Å². The Labute approximate surface area is 128 Å². The summed E-state index contributed by atoms with van der Waals surface area (Å²) in [5.74, 6) is 1.03. The first kappa shape index (κ1) is 14.9. The highest BCUT2D eigenvalue weighted by molar-refractivity contribution is 5.28. The van der Waals surface area contributed by atoms with Crippen LogP contribution in [0.4, 0.5) is 0 Å². The Morgan fingerprint density at radius 1 is 1.24 bits per heavy atom. The molecule has 116 valence electrons. The predicted octanol–water partition coefficient (Wildman–Crippen LogP) is 3.67. The number of nitrogens with one attached hydrogen (secondary N) is 1. The van der Waals surface area contributed by atoms with Gasteiger partial charge in [0.2, 0.25) is 0 Å². The minimum atomic E-state index is 0.209. The molecule has 0 radical (unpaired) electrons. The SMILES string of the molecule is CC1(NCc2cccc(OC3CCCC3)c2)CCOCC1. The van der Waals surface area contributed by atoms with Gasteiger partial charge < -0.3 is 14.8 Å². The molecule has 2 fully saturated rings. The Hall–Kier alpha value is -1.06. The van der Waals surface area contributed by atoms with Crippen LogP contribution in [0.25, 0.3) is 0 Å². The summed E-state index contributed by atoms with van der Waals surface area (Å²) in [5.41, 5.74) is 1.51. The second-order valence-corrected chi connectivity index (χ2v) is 6.70. The van der Waals surface area contributed by atoms with Gasteiger partial charge in [0.15, 0.2) is 0 Å². The zero-order chi connectivity index (χ0) is 14.5. The quantitative estimate of drug-likeness (QED) is 0.897. The van der Waals surface area contributed by atoms with E-state index < -0.39 is 0 Å². The summed E-state index contributed by atoms with van der Waals surface area (Å²) in [6, 6.07) is 8.55. The number of benzene rings is 1. The van der Waals surface area contributed by atoms with Crippen molar-refractivity contribution in [3.05, 3.63) is 29.8 Å². The van der Waals surface area contributed by atoms with Gasteiger partial charge in [0.25, 0.3) is 0 Å². The highest BCUT2D eigenvalue weighted by Gasteiger charge is 2.26. The van der Waals surface area contributed by atoms with E-state index in [0.717, 1.165) is 38.3 Å². The summed E-state index contributed by atoms with van der Waals surface area (Å²) in [6.07, 6.45) is 7.65. The topological polar surface area (TPSA) is 30.5 Å². The molecule has 0 bridgehead atoms. The maximum Gasteiger partial charge on any atom is 0.120 e. The van der Waals surface area contributed by atoms with E-state index in [1.807, 2.05) is 0 Å². The molecule has 0 aromatic heterocycles. The smallest absolute Gasteiger partial charge is 0.120 e. The highest BCUT2D eigenvalue weighted by Crippen LogP contribution is 2.25. The van der Waals surface area contributed by atoms with Gasteiger partial charge >= 0.3 is 0 Å². The molecule has 1 aliphatic heterocycles. The molecule has 2 aliphatic rings. The number of ether oxygens (including phenoxy) is 2. The Morgan fingerprint density at radius 2 is 2.00 bits per heavy atom. The van der Waals surface area contributed by atoms with Crippen molar-refractivity contribution in [2.24, 2.45) is 0 Å². The summed E-state index contributed by atoms with van der Waals surface area (Å²) in [5, 5.41) is 3.70. The molecule has 1 saturated carbocycles. The molecule has 1 aromatic rings. The van der Waals surface area contributed by atoms with Crippen LogP contribution in [0.2, 0.25) is 0 Å². The lowest BCUT2D eigenvalue weighted by Gasteiger charge is -2.34. The first-order chi connectivity index (χ1) is 10.2. The molecule has 3 rings (SSSR count). The minimum Gasteiger partial charge on any atom is -0.490 e. The lowest BCUT2D eigenvalue weighted by molar-refractivity contribution is 0.0446. The number of hydrogen-bond acceptors (Lipinski definition) is 3. The van der Waals surface area contributed by atoms with Crippen LogP contribution in [0, 0.1) is 0 Å². The molecule has 3 nitrogen and oxygen atoms in total. The van der Waals surface area contributed by atoms with Crippen LogP contribution in [0.5, 0.6) is 5.75 Å². The molecular weight excluding hydrogens is 262 g/mol. The molecule has 1 saturated heterocycles. The van der Waals surface area contributed by atoms with Crippen molar-refractivity contribution >= 4 is 0 Å². The normalized spacial score (nSPS) is 22.3. The fraction of sp³-hybridized carbons (Fsp3) is 0.667. The van der Waals surface area contributed by atoms with Crippen LogP contribution < -0.4 is 10.1 Å². The van der Waals surface area contributed by atoms with Crippen LogP contribution in [-0.2, 0) is 11.3 Å². The van der Waals surface area contributed by atoms with E-state index in [0.29, 0.717) is 6.10 Å². The van der Waals surface area contributed by atoms with Gasteiger partial charge in [-0.25, -0.2) is 0 Å². The van der Waals surface area contributed by atoms with E-state index in [-0.39, 0.29) is 5.54 Å². The summed E-state index contributed by atoms with van der Waals surface area (Å²) in [7, 11) is 0. The van der Waals surface area contributed by atoms with E-state index in [9.17, 15) is 0 Å². The van der Waals surface area contributed by atoms with E-state index in [1.54, 1.807) is 0 Å². The highest BCUT2D eigenvalue weighted by atomic mass is 16.5. The second-order valence-electron chi connectivity index (χ2n) is 6.70. The van der Waals surface area contributed by atoms with Crippen molar-refractivity contribution in [2.45, 2.75) is 63.6 Å². The molecule has 1 heterocycles. The molecule has 0 unspecified atom stereocenters. The first-order valence-corrected chi connectivity index (χ1v) is 8.32. The Balaban J connectivity index is 1.55. The third-order valence-corrected chi connectivity index (χ3v) is 4.82. The predicted molar refractivity (Wildman–Crippen MR) is 84.6 cm³/mol. The Kier molecular flexibility index (Phi) is 4.81. The lowest BCUT2D eigenvalue weighted by atomic mass is 9.92. The standard InChI is InChI=1S/C18H27NO2/c1-18(9-11-20-12-10-18)19-14-15-5-4-8-17(13-15)21-16-6-2-3-7-16/h4-5,8,13,16,19H,2-3,6-7,9-12,14H2,1H3. The molecule has 1 aromatic carbocycles. The van der Waals surface area contributed by atoms with Gasteiger partial charge in [-0.15, -0.1) is 0 Å². The fourth-order valence-corrected chi connectivity index (χ4v) is 3.24. The van der Waals surface area contributed by atoms with Crippen molar-refractivity contribution in [1.82, 2.24) is 5.32 Å². The molecule has 1 N–H and O–H groups in total. The van der Waals surface area contributed by atoms with E-state index in [2.05, 4.69) is 36.5 Å². The monoisotopic (exact) mass is 289 g/mol. The number of hydrogen-bond donors (Lipinski definition) is 1.